The first-order valence-electron chi connectivity index (χ1n) is 8.75. The summed E-state index contributed by atoms with van der Waals surface area (Å²) in [4.78, 5) is 14.6. The van der Waals surface area contributed by atoms with Gasteiger partial charge in [0, 0.05) is 52.1 Å². The minimum Gasteiger partial charge on any atom is -0.383 e. The Hall–Kier alpha value is -1.44. The number of methoxy groups -OCH3 is 1. The van der Waals surface area contributed by atoms with E-state index in [0.29, 0.717) is 13.2 Å². The van der Waals surface area contributed by atoms with Crippen molar-refractivity contribution in [2.75, 3.05) is 33.4 Å². The third-order valence-corrected chi connectivity index (χ3v) is 5.08. The molecule has 1 atom stereocenters. The summed E-state index contributed by atoms with van der Waals surface area (Å²) in [6, 6.07) is 0. The molecule has 2 aliphatic rings. The summed E-state index contributed by atoms with van der Waals surface area (Å²) in [5.74, 6) is 0.00159. The lowest BCUT2D eigenvalue weighted by atomic mass is 9.88. The van der Waals surface area contributed by atoms with Crippen LogP contribution in [0, 0.1) is 0 Å². The van der Waals surface area contributed by atoms with Gasteiger partial charge in [0.25, 0.3) is 0 Å². The van der Waals surface area contributed by atoms with Gasteiger partial charge in [0.2, 0.25) is 5.91 Å². The Morgan fingerprint density at radius 2 is 2.25 bits per heavy atom. The molecule has 1 amide bonds. The zero-order chi connectivity index (χ0) is 17.0. The van der Waals surface area contributed by atoms with Crippen LogP contribution in [-0.4, -0.2) is 65.6 Å². The number of hydrogen-bond donors (Lipinski definition) is 1. The Labute approximate surface area is 143 Å². The lowest BCUT2D eigenvalue weighted by molar-refractivity contribution is -0.141. The second-order valence-corrected chi connectivity index (χ2v) is 6.91. The van der Waals surface area contributed by atoms with Crippen LogP contribution in [0.25, 0.3) is 0 Å². The molecule has 0 unspecified atom stereocenters. The fraction of sp³-hybridized carbons (Fsp3) is 0.765. The smallest absolute Gasteiger partial charge is 0.249 e. The second-order valence-electron chi connectivity index (χ2n) is 6.91. The van der Waals surface area contributed by atoms with Crippen molar-refractivity contribution in [3.05, 3.63) is 18.0 Å². The number of amides is 1. The van der Waals surface area contributed by atoms with Crippen LogP contribution < -0.4 is 5.32 Å². The highest BCUT2D eigenvalue weighted by Gasteiger charge is 2.44. The van der Waals surface area contributed by atoms with Crippen LogP contribution >= 0.6 is 0 Å². The maximum absolute atomic E-state index is 12.1. The van der Waals surface area contributed by atoms with Crippen LogP contribution in [-0.2, 0) is 27.9 Å². The van der Waals surface area contributed by atoms with Gasteiger partial charge >= 0.3 is 0 Å². The van der Waals surface area contributed by atoms with E-state index in [1.165, 1.54) is 5.56 Å². The number of aromatic nitrogens is 2. The van der Waals surface area contributed by atoms with Crippen LogP contribution in [0.2, 0.25) is 0 Å². The summed E-state index contributed by atoms with van der Waals surface area (Å²) < 4.78 is 13.0. The molecule has 134 valence electrons. The molecule has 1 N–H and O–H groups in total. The predicted octanol–water partition coefficient (Wildman–Crippen LogP) is 0.696. The van der Waals surface area contributed by atoms with Gasteiger partial charge in [0.15, 0.2) is 0 Å². The first-order valence-corrected chi connectivity index (χ1v) is 8.75. The molecule has 0 bridgehead atoms. The molecule has 2 fully saturated rings. The Morgan fingerprint density at radius 3 is 2.92 bits per heavy atom. The highest BCUT2D eigenvalue weighted by atomic mass is 16.5. The van der Waals surface area contributed by atoms with Gasteiger partial charge in [-0.1, -0.05) is 0 Å². The molecule has 1 aromatic rings. The number of nitrogens with one attached hydrogen (secondary N) is 1. The maximum Gasteiger partial charge on any atom is 0.249 e. The van der Waals surface area contributed by atoms with Gasteiger partial charge in [0.05, 0.1) is 18.4 Å². The topological polar surface area (TPSA) is 68.6 Å². The fourth-order valence-corrected chi connectivity index (χ4v) is 3.69. The van der Waals surface area contributed by atoms with E-state index in [4.69, 9.17) is 9.47 Å². The van der Waals surface area contributed by atoms with Crippen LogP contribution in [0.15, 0.2) is 12.4 Å². The van der Waals surface area contributed by atoms with Crippen molar-refractivity contribution in [2.24, 2.45) is 7.05 Å². The van der Waals surface area contributed by atoms with Crippen molar-refractivity contribution in [1.29, 1.82) is 0 Å². The molecule has 0 saturated carbocycles. The molecule has 0 radical (unpaired) electrons. The summed E-state index contributed by atoms with van der Waals surface area (Å²) in [6.45, 7) is 4.03. The number of aryl methyl sites for hydroxylation is 1. The normalized spacial score (nSPS) is 23.7. The van der Waals surface area contributed by atoms with Crippen molar-refractivity contribution in [3.63, 3.8) is 0 Å². The average Bonchev–Trinajstić information content (AvgIpc) is 3.17. The van der Waals surface area contributed by atoms with Crippen LogP contribution in [0.3, 0.4) is 0 Å². The molecule has 1 aromatic heterocycles. The van der Waals surface area contributed by atoms with Crippen molar-refractivity contribution in [1.82, 2.24) is 20.0 Å². The fourth-order valence-electron chi connectivity index (χ4n) is 3.69. The van der Waals surface area contributed by atoms with E-state index in [1.807, 2.05) is 17.9 Å². The summed E-state index contributed by atoms with van der Waals surface area (Å²) in [7, 11) is 3.57. The highest BCUT2D eigenvalue weighted by molar-refractivity contribution is 5.81. The quantitative estimate of drug-likeness (QED) is 0.775. The molecule has 2 saturated heterocycles. The minimum atomic E-state index is -0.299. The Bertz CT molecular complexity index is 552. The first kappa shape index (κ1) is 17.4. The van der Waals surface area contributed by atoms with E-state index in [0.717, 1.165) is 45.3 Å². The van der Waals surface area contributed by atoms with Crippen molar-refractivity contribution >= 4 is 5.91 Å². The summed E-state index contributed by atoms with van der Waals surface area (Å²) in [6.07, 6.45) is 7.49. The van der Waals surface area contributed by atoms with Crippen molar-refractivity contribution < 1.29 is 14.3 Å². The zero-order valence-electron chi connectivity index (χ0n) is 14.7. The maximum atomic E-state index is 12.1. The van der Waals surface area contributed by atoms with Crippen LogP contribution in [0.1, 0.15) is 31.2 Å². The SMILES string of the molecule is COCCNC(=O)[C@H]1CCC2(CCN(Cc3cnn(C)c3)CC2)O1. The second kappa shape index (κ2) is 7.63. The number of carbonyl (C=O) groups excluding carboxylic acids is 1. The molecule has 7 heteroatoms. The third kappa shape index (κ3) is 4.15. The first-order chi connectivity index (χ1) is 11.6. The zero-order valence-corrected chi connectivity index (χ0v) is 14.7. The van der Waals surface area contributed by atoms with Gasteiger partial charge in [-0.2, -0.15) is 5.10 Å². The van der Waals surface area contributed by atoms with Crippen molar-refractivity contribution in [3.8, 4) is 0 Å². The summed E-state index contributed by atoms with van der Waals surface area (Å²) in [5.41, 5.74) is 1.14. The van der Waals surface area contributed by atoms with Gasteiger partial charge in [-0.25, -0.2) is 0 Å². The Morgan fingerprint density at radius 1 is 1.46 bits per heavy atom. The lowest BCUT2D eigenvalue weighted by Crippen LogP contribution is -2.45. The number of piperidine rings is 1. The average molecular weight is 336 g/mol. The monoisotopic (exact) mass is 336 g/mol. The molecule has 0 aromatic carbocycles. The Kier molecular flexibility index (Phi) is 5.53. The number of ether oxygens (including phenoxy) is 2. The van der Waals surface area contributed by atoms with E-state index in [9.17, 15) is 4.79 Å². The molecule has 24 heavy (non-hydrogen) atoms. The highest BCUT2D eigenvalue weighted by Crippen LogP contribution is 2.39. The Balaban J connectivity index is 1.45. The number of nitrogens with zero attached hydrogens (tertiary/aromatic N) is 3. The van der Waals surface area contributed by atoms with Gasteiger partial charge in [-0.3, -0.25) is 14.4 Å². The van der Waals surface area contributed by atoms with E-state index in [2.05, 4.69) is 21.5 Å². The van der Waals surface area contributed by atoms with E-state index in [-0.39, 0.29) is 17.6 Å². The largest absolute Gasteiger partial charge is 0.383 e. The number of carbonyl (C=O) groups is 1. The molecular formula is C17H28N4O3. The summed E-state index contributed by atoms with van der Waals surface area (Å²) in [5, 5.41) is 7.11. The summed E-state index contributed by atoms with van der Waals surface area (Å²) >= 11 is 0. The van der Waals surface area contributed by atoms with Gasteiger partial charge in [0.1, 0.15) is 6.10 Å². The third-order valence-electron chi connectivity index (χ3n) is 5.08. The van der Waals surface area contributed by atoms with Gasteiger partial charge in [-0.05, 0) is 25.7 Å². The number of rotatable bonds is 6. The van der Waals surface area contributed by atoms with E-state index >= 15 is 0 Å². The van der Waals surface area contributed by atoms with Gasteiger partial charge < -0.3 is 14.8 Å². The lowest BCUT2D eigenvalue weighted by Gasteiger charge is -2.38. The molecule has 7 nitrogen and oxygen atoms in total. The molecule has 3 rings (SSSR count). The van der Waals surface area contributed by atoms with Crippen LogP contribution in [0.5, 0.6) is 0 Å². The standard InChI is InChI=1S/C17H28N4O3/c1-20-12-14(11-19-20)13-21-8-5-17(6-9-21)4-3-15(24-17)16(22)18-7-10-23-2/h11-12,15H,3-10,13H2,1-2H3,(H,18,22)/t15-/m1/s1. The molecular weight excluding hydrogens is 308 g/mol. The molecule has 0 aliphatic carbocycles. The van der Waals surface area contributed by atoms with Crippen molar-refractivity contribution in [2.45, 2.75) is 43.9 Å². The number of hydrogen-bond acceptors (Lipinski definition) is 5. The molecule has 2 aliphatic heterocycles. The van der Waals surface area contributed by atoms with E-state index < -0.39 is 0 Å². The number of likely N-dealkylation sites (tertiary alicyclic amines) is 1. The van der Waals surface area contributed by atoms with Crippen LogP contribution in [0.4, 0.5) is 0 Å². The van der Waals surface area contributed by atoms with E-state index in [1.54, 1.807) is 7.11 Å². The molecule has 1 spiro atoms. The minimum absolute atomic E-state index is 0.00159. The predicted molar refractivity (Wildman–Crippen MR) is 89.4 cm³/mol. The van der Waals surface area contributed by atoms with Gasteiger partial charge in [-0.15, -0.1) is 0 Å². The molecule has 3 heterocycles.